The number of hydrogen-bond acceptors (Lipinski definition) is 3. The van der Waals surface area contributed by atoms with Gasteiger partial charge in [-0.15, -0.1) is 0 Å². The maximum absolute atomic E-state index is 12.0. The standard InChI is InChI=1S/C13H13BrN2O2S2/c14-11-4-6-12(7-5-11)20(17,18)16-9-10-19-13-3-1-2-8-15-13/h1-8,16H,9-10H2/p+1. The Balaban J connectivity index is 1.85. The topological polar surface area (TPSA) is 60.3 Å². The van der Waals surface area contributed by atoms with E-state index in [4.69, 9.17) is 0 Å². The van der Waals surface area contributed by atoms with E-state index < -0.39 is 10.0 Å². The fraction of sp³-hybridized carbons (Fsp3) is 0.154. The van der Waals surface area contributed by atoms with Gasteiger partial charge in [0.05, 0.1) is 4.90 Å². The lowest BCUT2D eigenvalue weighted by molar-refractivity contribution is -0.426. The van der Waals surface area contributed by atoms with Gasteiger partial charge in [0.2, 0.25) is 15.0 Å². The van der Waals surface area contributed by atoms with Crippen LogP contribution in [0.4, 0.5) is 0 Å². The van der Waals surface area contributed by atoms with Gasteiger partial charge in [-0.1, -0.05) is 27.7 Å². The lowest BCUT2D eigenvalue weighted by Crippen LogP contribution is -2.26. The van der Waals surface area contributed by atoms with Gasteiger partial charge in [-0.05, 0) is 30.3 Å². The second-order valence-corrected chi connectivity index (χ2v) is 7.75. The number of hydrogen-bond donors (Lipinski definition) is 1. The Hall–Kier alpha value is -0.890. The average molecular weight is 374 g/mol. The lowest BCUT2D eigenvalue weighted by Gasteiger charge is -2.05. The summed E-state index contributed by atoms with van der Waals surface area (Å²) >= 11 is 4.85. The smallest absolute Gasteiger partial charge is 0.210 e. The van der Waals surface area contributed by atoms with E-state index in [9.17, 15) is 8.42 Å². The van der Waals surface area contributed by atoms with Crippen molar-refractivity contribution in [3.05, 3.63) is 53.1 Å². The van der Waals surface area contributed by atoms with Crippen LogP contribution < -0.4 is 9.71 Å². The number of pyridine rings is 1. The van der Waals surface area contributed by atoms with Crippen LogP contribution in [0.15, 0.2) is 63.1 Å². The molecule has 0 aliphatic rings. The van der Waals surface area contributed by atoms with Crippen molar-refractivity contribution in [2.75, 3.05) is 12.3 Å². The third-order valence-electron chi connectivity index (χ3n) is 2.46. The minimum Gasteiger partial charge on any atom is -0.210 e. The highest BCUT2D eigenvalue weighted by molar-refractivity contribution is 9.10. The summed E-state index contributed by atoms with van der Waals surface area (Å²) in [5.41, 5.74) is 0. The molecule has 0 unspecified atom stereocenters. The van der Waals surface area contributed by atoms with Crippen LogP contribution in [0.3, 0.4) is 0 Å². The van der Waals surface area contributed by atoms with E-state index in [-0.39, 0.29) is 4.90 Å². The summed E-state index contributed by atoms with van der Waals surface area (Å²) in [5.74, 6) is 0.663. The van der Waals surface area contributed by atoms with E-state index in [1.165, 1.54) is 0 Å². The van der Waals surface area contributed by atoms with Crippen molar-refractivity contribution in [1.82, 2.24) is 4.72 Å². The van der Waals surface area contributed by atoms with Crippen molar-refractivity contribution in [2.24, 2.45) is 0 Å². The first-order valence-electron chi connectivity index (χ1n) is 5.93. The molecule has 2 N–H and O–H groups in total. The molecule has 0 radical (unpaired) electrons. The first-order chi connectivity index (χ1) is 9.58. The molecule has 2 rings (SSSR count). The Kier molecular flexibility index (Phi) is 5.59. The van der Waals surface area contributed by atoms with E-state index >= 15 is 0 Å². The van der Waals surface area contributed by atoms with Crippen LogP contribution in [0.2, 0.25) is 0 Å². The molecule has 0 spiro atoms. The molecule has 0 bridgehead atoms. The van der Waals surface area contributed by atoms with Crippen LogP contribution in [0.1, 0.15) is 0 Å². The molecule has 7 heteroatoms. The number of aromatic nitrogens is 1. The zero-order valence-corrected chi connectivity index (χ0v) is 13.8. The SMILES string of the molecule is O=S(=O)(NCCSc1cccc[nH+]1)c1ccc(Br)cc1. The van der Waals surface area contributed by atoms with Gasteiger partial charge in [0.1, 0.15) is 0 Å². The molecule has 4 nitrogen and oxygen atoms in total. The maximum atomic E-state index is 12.0. The third-order valence-corrected chi connectivity index (χ3v) is 5.43. The molecular formula is C13H14BrN2O2S2+. The molecule has 0 saturated carbocycles. The predicted octanol–water partition coefficient (Wildman–Crippen LogP) is 2.33. The van der Waals surface area contributed by atoms with E-state index in [1.807, 2.05) is 24.4 Å². The zero-order chi connectivity index (χ0) is 14.4. The molecule has 0 aliphatic heterocycles. The van der Waals surface area contributed by atoms with E-state index in [0.29, 0.717) is 12.3 Å². The van der Waals surface area contributed by atoms with Crippen LogP contribution in [-0.2, 0) is 10.0 Å². The Morgan fingerprint density at radius 3 is 2.55 bits per heavy atom. The molecule has 1 aromatic heterocycles. The van der Waals surface area contributed by atoms with Gasteiger partial charge in [-0.25, -0.2) is 18.1 Å². The molecule has 106 valence electrons. The molecule has 0 saturated heterocycles. The molecule has 1 aromatic carbocycles. The second-order valence-electron chi connectivity index (χ2n) is 3.93. The van der Waals surface area contributed by atoms with Crippen LogP contribution >= 0.6 is 27.7 Å². The highest BCUT2D eigenvalue weighted by Gasteiger charge is 2.13. The van der Waals surface area contributed by atoms with Crippen molar-refractivity contribution in [1.29, 1.82) is 0 Å². The lowest BCUT2D eigenvalue weighted by atomic mass is 10.4. The molecule has 0 amide bonds. The van der Waals surface area contributed by atoms with E-state index in [2.05, 4.69) is 25.6 Å². The van der Waals surface area contributed by atoms with Gasteiger partial charge in [-0.3, -0.25) is 0 Å². The first kappa shape index (κ1) is 15.5. The normalized spacial score (nSPS) is 11.4. The van der Waals surface area contributed by atoms with Gasteiger partial charge >= 0.3 is 0 Å². The highest BCUT2D eigenvalue weighted by Crippen LogP contribution is 2.15. The Labute approximate surface area is 131 Å². The van der Waals surface area contributed by atoms with Crippen LogP contribution in [0.5, 0.6) is 0 Å². The van der Waals surface area contributed by atoms with Crippen molar-refractivity contribution in [3.63, 3.8) is 0 Å². The number of thioether (sulfide) groups is 1. The highest BCUT2D eigenvalue weighted by atomic mass is 79.9. The number of H-pyrrole nitrogens is 1. The Morgan fingerprint density at radius 1 is 1.15 bits per heavy atom. The van der Waals surface area contributed by atoms with Gasteiger partial charge in [0.15, 0.2) is 6.20 Å². The monoisotopic (exact) mass is 373 g/mol. The second kappa shape index (κ2) is 7.21. The summed E-state index contributed by atoms with van der Waals surface area (Å²) in [6.45, 7) is 0.381. The van der Waals surface area contributed by atoms with Crippen molar-refractivity contribution in [2.45, 2.75) is 9.92 Å². The van der Waals surface area contributed by atoms with E-state index in [0.717, 1.165) is 9.50 Å². The zero-order valence-electron chi connectivity index (χ0n) is 10.5. The minimum atomic E-state index is -3.43. The number of aromatic amines is 1. The van der Waals surface area contributed by atoms with Crippen molar-refractivity contribution < 1.29 is 13.4 Å². The van der Waals surface area contributed by atoms with Gasteiger partial charge < -0.3 is 0 Å². The molecule has 0 fully saturated rings. The molecule has 1 heterocycles. The first-order valence-corrected chi connectivity index (χ1v) is 9.19. The Morgan fingerprint density at radius 2 is 1.90 bits per heavy atom. The number of halogens is 1. The van der Waals surface area contributed by atoms with Gasteiger partial charge in [0, 0.05) is 28.9 Å². The fourth-order valence-electron chi connectivity index (χ4n) is 1.50. The summed E-state index contributed by atoms with van der Waals surface area (Å²) in [4.78, 5) is 3.36. The minimum absolute atomic E-state index is 0.275. The third kappa shape index (κ3) is 4.59. The summed E-state index contributed by atoms with van der Waals surface area (Å²) in [5, 5.41) is 1.01. The van der Waals surface area contributed by atoms with Gasteiger partial charge in [0.25, 0.3) is 0 Å². The molecule has 2 aromatic rings. The predicted molar refractivity (Wildman–Crippen MR) is 83.1 cm³/mol. The largest absolute Gasteiger partial charge is 0.240 e. The van der Waals surface area contributed by atoms with E-state index in [1.54, 1.807) is 36.0 Å². The summed E-state index contributed by atoms with van der Waals surface area (Å²) in [6.07, 6.45) is 1.84. The quantitative estimate of drug-likeness (QED) is 0.624. The number of nitrogens with one attached hydrogen (secondary N) is 2. The molecular weight excluding hydrogens is 360 g/mol. The van der Waals surface area contributed by atoms with Crippen molar-refractivity contribution in [3.8, 4) is 0 Å². The summed E-state index contributed by atoms with van der Waals surface area (Å²) < 4.78 is 27.5. The Bertz CT molecular complexity index is 646. The van der Waals surface area contributed by atoms with Crippen LogP contribution in [-0.4, -0.2) is 20.7 Å². The summed E-state index contributed by atoms with van der Waals surface area (Å²) in [7, 11) is -3.43. The average Bonchev–Trinajstić information content (AvgIpc) is 2.45. The fourth-order valence-corrected chi connectivity index (χ4v) is 3.68. The summed E-state index contributed by atoms with van der Waals surface area (Å²) in [6, 6.07) is 12.4. The molecule has 0 aliphatic carbocycles. The van der Waals surface area contributed by atoms with Crippen LogP contribution in [0, 0.1) is 0 Å². The van der Waals surface area contributed by atoms with Crippen LogP contribution in [0.25, 0.3) is 0 Å². The number of benzene rings is 1. The van der Waals surface area contributed by atoms with Gasteiger partial charge in [-0.2, -0.15) is 0 Å². The number of sulfonamides is 1. The number of rotatable bonds is 6. The molecule has 20 heavy (non-hydrogen) atoms. The maximum Gasteiger partial charge on any atom is 0.240 e. The van der Waals surface area contributed by atoms with Crippen molar-refractivity contribution >= 4 is 37.7 Å². The molecule has 0 atom stereocenters.